The van der Waals surface area contributed by atoms with E-state index >= 15 is 0 Å². The Morgan fingerprint density at radius 2 is 2.14 bits per heavy atom. The average Bonchev–Trinajstić information content (AvgIpc) is 2.14. The second-order valence-electron chi connectivity index (χ2n) is 2.36. The molecule has 0 aromatic heterocycles. The smallest absolute Gasteiger partial charge is 0.356 e. The Hall–Kier alpha value is -1.46. The average molecular weight is 206 g/mol. The predicted molar refractivity (Wildman–Crippen MR) is 48.3 cm³/mol. The summed E-state index contributed by atoms with van der Waals surface area (Å²) in [6.45, 7) is -1.31. The first-order valence-corrected chi connectivity index (χ1v) is 3.81. The topological polar surface area (TPSA) is 50.7 Å². The maximum Gasteiger partial charge on any atom is 0.356 e. The maximum atomic E-state index is 11.9. The quantitative estimate of drug-likeness (QED) is 0.423. The van der Waals surface area contributed by atoms with Crippen LogP contribution in [0.15, 0.2) is 16.8 Å². The van der Waals surface area contributed by atoms with Gasteiger partial charge in [0, 0.05) is 12.7 Å². The molecule has 0 bridgehead atoms. The molecule has 0 saturated carbocycles. The zero-order valence-corrected chi connectivity index (χ0v) is 8.17. The number of carbonyl (C=O) groups excluding carboxylic acids is 1. The van der Waals surface area contributed by atoms with Crippen molar-refractivity contribution in [2.45, 2.75) is 13.5 Å². The number of nitrogens with zero attached hydrogens (tertiary/aromatic N) is 1. The lowest BCUT2D eigenvalue weighted by atomic mass is 10.3. The van der Waals surface area contributed by atoms with Crippen molar-refractivity contribution in [3.05, 3.63) is 11.8 Å². The first-order valence-electron chi connectivity index (χ1n) is 3.81. The number of rotatable bonds is 4. The molecule has 0 aliphatic carbocycles. The molecule has 0 rings (SSSR count). The molecule has 0 saturated heterocycles. The van der Waals surface area contributed by atoms with Crippen molar-refractivity contribution < 1.29 is 18.3 Å². The summed E-state index contributed by atoms with van der Waals surface area (Å²) >= 11 is 0. The van der Waals surface area contributed by atoms with Gasteiger partial charge >= 0.3 is 12.5 Å². The second kappa shape index (κ2) is 6.06. The standard InChI is InChI=1S/C8H12F2N2O2/c1-5(11-2)4-6(7(13)14-3)12-8(9)10/h4,8,11H,1-3H3. The highest BCUT2D eigenvalue weighted by atomic mass is 19.3. The lowest BCUT2D eigenvalue weighted by Gasteiger charge is -2.02. The van der Waals surface area contributed by atoms with Crippen LogP contribution in [0.2, 0.25) is 0 Å². The highest BCUT2D eigenvalue weighted by Crippen LogP contribution is 1.99. The van der Waals surface area contributed by atoms with Gasteiger partial charge in [0.25, 0.3) is 0 Å². The van der Waals surface area contributed by atoms with Gasteiger partial charge in [0.2, 0.25) is 0 Å². The fourth-order valence-corrected chi connectivity index (χ4v) is 0.636. The molecule has 4 nitrogen and oxygen atoms in total. The fourth-order valence-electron chi connectivity index (χ4n) is 0.636. The molecule has 0 aliphatic heterocycles. The Morgan fingerprint density at radius 3 is 2.50 bits per heavy atom. The van der Waals surface area contributed by atoms with Crippen LogP contribution in [0.3, 0.4) is 0 Å². The van der Waals surface area contributed by atoms with E-state index in [2.05, 4.69) is 15.0 Å². The Kier molecular flexibility index (Phi) is 5.43. The molecule has 0 aliphatic rings. The van der Waals surface area contributed by atoms with E-state index in [0.717, 1.165) is 7.11 Å². The maximum absolute atomic E-state index is 11.9. The lowest BCUT2D eigenvalue weighted by Crippen LogP contribution is -2.17. The van der Waals surface area contributed by atoms with Crippen LogP contribution in [0.25, 0.3) is 0 Å². The van der Waals surface area contributed by atoms with Crippen molar-refractivity contribution in [1.29, 1.82) is 0 Å². The van der Waals surface area contributed by atoms with Gasteiger partial charge in [0.1, 0.15) is 0 Å². The summed E-state index contributed by atoms with van der Waals surface area (Å²) in [4.78, 5) is 13.8. The molecule has 0 amide bonds. The van der Waals surface area contributed by atoms with E-state index in [1.165, 1.54) is 6.08 Å². The molecule has 0 unspecified atom stereocenters. The first-order chi connectivity index (χ1) is 6.51. The number of alkyl halides is 2. The van der Waals surface area contributed by atoms with Crippen LogP contribution in [0.5, 0.6) is 0 Å². The van der Waals surface area contributed by atoms with Crippen LogP contribution in [0.1, 0.15) is 6.92 Å². The lowest BCUT2D eigenvalue weighted by molar-refractivity contribution is -0.132. The predicted octanol–water partition coefficient (Wildman–Crippen LogP) is 0.946. The van der Waals surface area contributed by atoms with Crippen LogP contribution in [-0.2, 0) is 9.53 Å². The molecule has 0 heterocycles. The van der Waals surface area contributed by atoms with Gasteiger partial charge in [-0.2, -0.15) is 8.78 Å². The normalized spacial score (nSPS) is 13.0. The second-order valence-corrected chi connectivity index (χ2v) is 2.36. The van der Waals surface area contributed by atoms with Crippen LogP contribution in [0, 0.1) is 0 Å². The Balaban J connectivity index is 4.83. The molecule has 6 heteroatoms. The number of hydrogen-bond donors (Lipinski definition) is 1. The van der Waals surface area contributed by atoms with Gasteiger partial charge in [-0.3, -0.25) is 0 Å². The molecule has 80 valence electrons. The molecular weight excluding hydrogens is 194 g/mol. The van der Waals surface area contributed by atoms with Gasteiger partial charge in [-0.1, -0.05) is 0 Å². The molecule has 0 atom stereocenters. The Labute approximate surface area is 80.7 Å². The molecule has 0 aromatic rings. The molecule has 0 aromatic carbocycles. The summed E-state index contributed by atoms with van der Waals surface area (Å²) < 4.78 is 28.1. The highest BCUT2D eigenvalue weighted by Gasteiger charge is 2.11. The van der Waals surface area contributed by atoms with Gasteiger partial charge in [-0.15, -0.1) is 0 Å². The first kappa shape index (κ1) is 12.5. The van der Waals surface area contributed by atoms with Gasteiger partial charge < -0.3 is 10.1 Å². The zero-order valence-electron chi connectivity index (χ0n) is 8.17. The van der Waals surface area contributed by atoms with Gasteiger partial charge in [0.05, 0.1) is 7.11 Å². The number of esters is 1. The van der Waals surface area contributed by atoms with Gasteiger partial charge in [-0.05, 0) is 13.0 Å². The zero-order chi connectivity index (χ0) is 11.1. The van der Waals surface area contributed by atoms with Gasteiger partial charge in [-0.25, -0.2) is 9.79 Å². The summed E-state index contributed by atoms with van der Waals surface area (Å²) in [6.07, 6.45) is 1.19. The third-order valence-corrected chi connectivity index (χ3v) is 1.38. The summed E-state index contributed by atoms with van der Waals surface area (Å²) in [5.74, 6) is -0.889. The molecule has 1 N–H and O–H groups in total. The third kappa shape index (κ3) is 4.54. The SMILES string of the molecule is CNC(C)=CC(=NC(F)F)C(=O)OC. The van der Waals surface area contributed by atoms with Crippen molar-refractivity contribution in [3.63, 3.8) is 0 Å². The third-order valence-electron chi connectivity index (χ3n) is 1.38. The van der Waals surface area contributed by atoms with Crippen LogP contribution in [-0.4, -0.2) is 32.4 Å². The molecule has 14 heavy (non-hydrogen) atoms. The van der Waals surface area contributed by atoms with E-state index in [-0.39, 0.29) is 0 Å². The number of carbonyl (C=O) groups is 1. The van der Waals surface area contributed by atoms with E-state index in [1.54, 1.807) is 14.0 Å². The van der Waals surface area contributed by atoms with Crippen molar-refractivity contribution in [2.24, 2.45) is 4.99 Å². The number of methoxy groups -OCH3 is 1. The number of halogens is 2. The van der Waals surface area contributed by atoms with E-state index in [9.17, 15) is 13.6 Å². The minimum atomic E-state index is -2.93. The minimum absolute atomic E-state index is 0.408. The van der Waals surface area contributed by atoms with Gasteiger partial charge in [0.15, 0.2) is 5.71 Å². The number of nitrogens with one attached hydrogen (secondary N) is 1. The van der Waals surface area contributed by atoms with Crippen molar-refractivity contribution >= 4 is 11.7 Å². The highest BCUT2D eigenvalue weighted by molar-refractivity contribution is 6.41. The van der Waals surface area contributed by atoms with E-state index < -0.39 is 18.2 Å². The van der Waals surface area contributed by atoms with Crippen molar-refractivity contribution in [1.82, 2.24) is 5.32 Å². The van der Waals surface area contributed by atoms with Crippen LogP contribution in [0.4, 0.5) is 8.78 Å². The largest absolute Gasteiger partial charge is 0.464 e. The monoisotopic (exact) mass is 206 g/mol. The van der Waals surface area contributed by atoms with E-state index in [1.807, 2.05) is 0 Å². The van der Waals surface area contributed by atoms with Crippen LogP contribution >= 0.6 is 0 Å². The van der Waals surface area contributed by atoms with E-state index in [0.29, 0.717) is 5.70 Å². The summed E-state index contributed by atoms with van der Waals surface area (Å²) in [5, 5.41) is 2.68. The van der Waals surface area contributed by atoms with E-state index in [4.69, 9.17) is 0 Å². The van der Waals surface area contributed by atoms with Crippen molar-refractivity contribution in [2.75, 3.05) is 14.2 Å². The molecular formula is C8H12F2N2O2. The Bertz CT molecular complexity index is 262. The minimum Gasteiger partial charge on any atom is -0.464 e. The summed E-state index contributed by atoms with van der Waals surface area (Å²) in [5.41, 5.74) is 0.129. The van der Waals surface area contributed by atoms with Crippen molar-refractivity contribution in [3.8, 4) is 0 Å². The van der Waals surface area contributed by atoms with Crippen LogP contribution < -0.4 is 5.32 Å². The number of allylic oxidation sites excluding steroid dienone is 1. The number of ether oxygens (including phenoxy) is 1. The molecule has 0 radical (unpaired) electrons. The fraction of sp³-hybridized carbons (Fsp3) is 0.500. The molecule has 0 fully saturated rings. The Morgan fingerprint density at radius 1 is 1.57 bits per heavy atom. The summed E-state index contributed by atoms with van der Waals surface area (Å²) in [6, 6.07) is 0. The number of aliphatic imine (C=N–C) groups is 1. The number of hydrogen-bond acceptors (Lipinski definition) is 4. The molecule has 0 spiro atoms. The summed E-state index contributed by atoms with van der Waals surface area (Å²) in [7, 11) is 2.70.